The molecule has 0 radical (unpaired) electrons. The van der Waals surface area contributed by atoms with E-state index >= 15 is 0 Å². The fraction of sp³-hybridized carbons (Fsp3) is 0.273. The van der Waals surface area contributed by atoms with E-state index < -0.39 is 0 Å². The quantitative estimate of drug-likeness (QED) is 0.657. The molecule has 0 amide bonds. The Morgan fingerprint density at radius 1 is 1.62 bits per heavy atom. The van der Waals surface area contributed by atoms with Gasteiger partial charge in [-0.15, -0.1) is 0 Å². The van der Waals surface area contributed by atoms with Crippen molar-refractivity contribution in [3.05, 3.63) is 48.4 Å². The van der Waals surface area contributed by atoms with E-state index in [1.807, 2.05) is 25.4 Å². The van der Waals surface area contributed by atoms with Crippen molar-refractivity contribution in [3.63, 3.8) is 0 Å². The Bertz CT molecular complexity index is 272. The second-order valence-electron chi connectivity index (χ2n) is 3.10. The largest absolute Gasteiger partial charge is 0.373 e. The maximum atomic E-state index is 3.77. The van der Waals surface area contributed by atoms with E-state index in [1.54, 1.807) is 0 Å². The molecule has 0 aromatic rings. The van der Waals surface area contributed by atoms with Gasteiger partial charge in [0.15, 0.2) is 0 Å². The first-order chi connectivity index (χ1) is 6.24. The van der Waals surface area contributed by atoms with Crippen LogP contribution in [0.5, 0.6) is 0 Å². The molecule has 0 saturated carbocycles. The van der Waals surface area contributed by atoms with Crippen LogP contribution >= 0.6 is 0 Å². The van der Waals surface area contributed by atoms with Crippen molar-refractivity contribution in [2.24, 2.45) is 0 Å². The molecule has 0 aliphatic carbocycles. The van der Waals surface area contributed by atoms with Crippen molar-refractivity contribution in [1.82, 2.24) is 10.2 Å². The Morgan fingerprint density at radius 3 is 3.08 bits per heavy atom. The molecule has 2 heteroatoms. The average molecular weight is 176 g/mol. The van der Waals surface area contributed by atoms with Crippen LogP contribution < -0.4 is 5.32 Å². The molecule has 0 spiro atoms. The van der Waals surface area contributed by atoms with Gasteiger partial charge in [-0.05, 0) is 24.6 Å². The van der Waals surface area contributed by atoms with E-state index in [1.165, 1.54) is 5.57 Å². The maximum absolute atomic E-state index is 3.77. The number of allylic oxidation sites excluding steroid dienone is 5. The van der Waals surface area contributed by atoms with E-state index in [9.17, 15) is 0 Å². The van der Waals surface area contributed by atoms with Crippen LogP contribution in [0.1, 0.15) is 6.92 Å². The van der Waals surface area contributed by atoms with Crippen LogP contribution in [0.15, 0.2) is 48.4 Å². The van der Waals surface area contributed by atoms with Crippen LogP contribution in [-0.4, -0.2) is 18.6 Å². The zero-order valence-electron chi connectivity index (χ0n) is 8.25. The fourth-order valence-corrected chi connectivity index (χ4v) is 1.13. The average Bonchev–Trinajstić information content (AvgIpc) is 2.18. The summed E-state index contributed by atoms with van der Waals surface area (Å²) in [4.78, 5) is 2.10. The predicted molar refractivity (Wildman–Crippen MR) is 56.9 cm³/mol. The topological polar surface area (TPSA) is 15.3 Å². The standard InChI is InChI=1S/C11H16N2/c1-4-11-7-5-6-10(2)8-12-9-13(11)3/h4-8,12H,1,9H2,2-3H3/b6-5-,10-8-,11-7-. The summed E-state index contributed by atoms with van der Waals surface area (Å²) in [6.07, 6.45) is 10.0. The van der Waals surface area contributed by atoms with Crippen LogP contribution in [0.4, 0.5) is 0 Å². The van der Waals surface area contributed by atoms with Crippen LogP contribution in [0, 0.1) is 0 Å². The smallest absolute Gasteiger partial charge is 0.0868 e. The second-order valence-corrected chi connectivity index (χ2v) is 3.10. The van der Waals surface area contributed by atoms with Crippen molar-refractivity contribution < 1.29 is 0 Å². The van der Waals surface area contributed by atoms with Gasteiger partial charge in [-0.25, -0.2) is 0 Å². The van der Waals surface area contributed by atoms with Gasteiger partial charge in [0.2, 0.25) is 0 Å². The lowest BCUT2D eigenvalue weighted by molar-refractivity contribution is 0.413. The molecule has 70 valence electrons. The number of hydrogen-bond acceptors (Lipinski definition) is 2. The summed E-state index contributed by atoms with van der Waals surface area (Å²) in [7, 11) is 2.03. The van der Waals surface area contributed by atoms with Gasteiger partial charge in [-0.3, -0.25) is 0 Å². The first kappa shape index (κ1) is 9.65. The van der Waals surface area contributed by atoms with Crippen LogP contribution in [0.25, 0.3) is 0 Å². The molecule has 1 N–H and O–H groups in total. The van der Waals surface area contributed by atoms with Gasteiger partial charge >= 0.3 is 0 Å². The lowest BCUT2D eigenvalue weighted by Crippen LogP contribution is -2.26. The number of rotatable bonds is 1. The van der Waals surface area contributed by atoms with Crippen molar-refractivity contribution in [3.8, 4) is 0 Å². The molecule has 0 aromatic carbocycles. The van der Waals surface area contributed by atoms with Gasteiger partial charge in [0.05, 0.1) is 6.67 Å². The minimum Gasteiger partial charge on any atom is -0.373 e. The monoisotopic (exact) mass is 176 g/mol. The molecular weight excluding hydrogens is 160 g/mol. The third kappa shape index (κ3) is 2.82. The number of nitrogens with zero attached hydrogens (tertiary/aromatic N) is 1. The highest BCUT2D eigenvalue weighted by atomic mass is 15.2. The molecule has 0 atom stereocenters. The number of nitrogens with one attached hydrogen (secondary N) is 1. The third-order valence-electron chi connectivity index (χ3n) is 1.93. The first-order valence-corrected chi connectivity index (χ1v) is 4.36. The molecule has 0 aromatic heterocycles. The van der Waals surface area contributed by atoms with Crippen LogP contribution in [-0.2, 0) is 0 Å². The molecule has 1 heterocycles. The molecule has 0 saturated heterocycles. The Kier molecular flexibility index (Phi) is 3.38. The van der Waals surface area contributed by atoms with Crippen molar-refractivity contribution in [2.45, 2.75) is 6.92 Å². The SMILES string of the molecule is C=C/C1=C/C=C\C(C)=C/NCN1C. The highest BCUT2D eigenvalue weighted by molar-refractivity contribution is 5.26. The van der Waals surface area contributed by atoms with Crippen molar-refractivity contribution in [1.29, 1.82) is 0 Å². The molecule has 1 rings (SSSR count). The maximum Gasteiger partial charge on any atom is 0.0868 e. The first-order valence-electron chi connectivity index (χ1n) is 4.36. The van der Waals surface area contributed by atoms with Crippen molar-refractivity contribution >= 4 is 0 Å². The van der Waals surface area contributed by atoms with E-state index in [-0.39, 0.29) is 0 Å². The minimum absolute atomic E-state index is 0.802. The summed E-state index contributed by atoms with van der Waals surface area (Å²) in [5.41, 5.74) is 2.34. The van der Waals surface area contributed by atoms with Gasteiger partial charge in [0.25, 0.3) is 0 Å². The number of hydrogen-bond donors (Lipinski definition) is 1. The highest BCUT2D eigenvalue weighted by Crippen LogP contribution is 2.04. The molecule has 0 bridgehead atoms. The third-order valence-corrected chi connectivity index (χ3v) is 1.93. The van der Waals surface area contributed by atoms with Crippen LogP contribution in [0.3, 0.4) is 0 Å². The Labute approximate surface area is 79.9 Å². The fourth-order valence-electron chi connectivity index (χ4n) is 1.13. The van der Waals surface area contributed by atoms with E-state index in [0.29, 0.717) is 0 Å². The van der Waals surface area contributed by atoms with Crippen molar-refractivity contribution in [2.75, 3.05) is 13.7 Å². The highest BCUT2D eigenvalue weighted by Gasteiger charge is 1.98. The Morgan fingerprint density at radius 2 is 2.38 bits per heavy atom. The summed E-state index contributed by atoms with van der Waals surface area (Å²) in [6.45, 7) is 6.64. The van der Waals surface area contributed by atoms with Gasteiger partial charge in [-0.2, -0.15) is 0 Å². The normalized spacial score (nSPS) is 28.0. The van der Waals surface area contributed by atoms with Crippen LogP contribution in [0.2, 0.25) is 0 Å². The summed E-state index contributed by atoms with van der Waals surface area (Å²) >= 11 is 0. The van der Waals surface area contributed by atoms with Gasteiger partial charge < -0.3 is 10.2 Å². The summed E-state index contributed by atoms with van der Waals surface area (Å²) in [5.74, 6) is 0. The van der Waals surface area contributed by atoms with E-state index in [2.05, 4.69) is 35.9 Å². The second kappa shape index (κ2) is 4.55. The molecule has 0 fully saturated rings. The minimum atomic E-state index is 0.802. The summed E-state index contributed by atoms with van der Waals surface area (Å²) in [5, 5.41) is 3.22. The zero-order chi connectivity index (χ0) is 9.68. The van der Waals surface area contributed by atoms with Gasteiger partial charge in [0, 0.05) is 18.9 Å². The van der Waals surface area contributed by atoms with Gasteiger partial charge in [0.1, 0.15) is 0 Å². The molecule has 2 nitrogen and oxygen atoms in total. The zero-order valence-corrected chi connectivity index (χ0v) is 8.25. The lowest BCUT2D eigenvalue weighted by Gasteiger charge is -2.19. The Hall–Kier alpha value is -1.44. The lowest BCUT2D eigenvalue weighted by atomic mass is 10.3. The molecule has 0 unspecified atom stereocenters. The van der Waals surface area contributed by atoms with E-state index in [0.717, 1.165) is 12.4 Å². The molecular formula is C11H16N2. The van der Waals surface area contributed by atoms with E-state index in [4.69, 9.17) is 0 Å². The Balaban J connectivity index is 2.85. The molecule has 1 aliphatic rings. The molecule has 1 aliphatic heterocycles. The van der Waals surface area contributed by atoms with Gasteiger partial charge in [-0.1, -0.05) is 18.7 Å². The number of likely N-dealkylation sites (N-methyl/N-ethyl adjacent to an activating group) is 1. The summed E-state index contributed by atoms with van der Waals surface area (Å²) < 4.78 is 0. The predicted octanol–water partition coefficient (Wildman–Crippen LogP) is 2.01. The summed E-state index contributed by atoms with van der Waals surface area (Å²) in [6, 6.07) is 0. The molecule has 13 heavy (non-hydrogen) atoms.